The number of nitrogens with zero attached hydrogens (tertiary/aromatic N) is 1. The second-order valence-electron chi connectivity index (χ2n) is 11.5. The maximum atomic E-state index is 12.4. The minimum atomic E-state index is 0.295. The lowest BCUT2D eigenvalue weighted by Crippen LogP contribution is -2.62. The normalized spacial score (nSPS) is 44.6. The van der Waals surface area contributed by atoms with Crippen LogP contribution in [0.5, 0.6) is 0 Å². The first-order valence-electron chi connectivity index (χ1n) is 11.9. The van der Waals surface area contributed by atoms with Gasteiger partial charge in [-0.15, -0.1) is 0 Å². The van der Waals surface area contributed by atoms with E-state index < -0.39 is 0 Å². The lowest BCUT2D eigenvalue weighted by molar-refractivity contribution is -0.164. The van der Waals surface area contributed by atoms with Crippen LogP contribution >= 0.6 is 11.6 Å². The monoisotopic (exact) mass is 425 g/mol. The number of piperidine rings is 1. The molecule has 3 aliphatic carbocycles. The molecule has 1 aliphatic heterocycles. The Balaban J connectivity index is 1.45. The number of carbonyl (C=O) groups excluding carboxylic acids is 1. The number of hydrogen-bond acceptors (Lipinski definition) is 1. The smallest absolute Gasteiger partial charge is 0.222 e. The Bertz CT molecular complexity index is 875. The summed E-state index contributed by atoms with van der Waals surface area (Å²) in [5.41, 5.74) is 3.64. The first-order valence-corrected chi connectivity index (χ1v) is 12.3. The predicted molar refractivity (Wildman–Crippen MR) is 124 cm³/mol. The fraction of sp³-hybridized carbons (Fsp3) is 0.667. The van der Waals surface area contributed by atoms with Gasteiger partial charge in [-0.2, -0.15) is 0 Å². The zero-order chi connectivity index (χ0) is 21.3. The molecule has 0 bridgehead atoms. The van der Waals surface area contributed by atoms with Gasteiger partial charge in [0.05, 0.1) is 0 Å². The van der Waals surface area contributed by atoms with Crippen LogP contribution in [0.2, 0.25) is 5.02 Å². The molecular formula is C27H36ClNO. The number of allylic oxidation sites excluding steroid dienone is 1. The van der Waals surface area contributed by atoms with Crippen LogP contribution in [0.3, 0.4) is 0 Å². The van der Waals surface area contributed by atoms with E-state index in [0.717, 1.165) is 35.6 Å². The average molecular weight is 426 g/mol. The number of benzene rings is 1. The van der Waals surface area contributed by atoms with Gasteiger partial charge in [-0.05, 0) is 90.7 Å². The number of halogens is 1. The molecule has 0 spiro atoms. The molecule has 4 fully saturated rings. The van der Waals surface area contributed by atoms with Crippen molar-refractivity contribution < 1.29 is 4.79 Å². The fourth-order valence-electron chi connectivity index (χ4n) is 8.26. The fourth-order valence-corrected chi connectivity index (χ4v) is 8.38. The van der Waals surface area contributed by atoms with E-state index in [0.29, 0.717) is 28.7 Å². The SMILES string of the molecule is C[C@H]1C[C@H]2N(C)C(=O)CC[C@]2(C)[C@H]2CC[C@]3(C)C/C(=C/c4ccc(Cl)cc4)C[C@H]3C12. The van der Waals surface area contributed by atoms with E-state index in [4.69, 9.17) is 11.6 Å². The quantitative estimate of drug-likeness (QED) is 0.482. The number of rotatable bonds is 1. The van der Waals surface area contributed by atoms with Crippen molar-refractivity contribution in [2.24, 2.45) is 34.5 Å². The van der Waals surface area contributed by atoms with Crippen LogP contribution in [0.4, 0.5) is 0 Å². The van der Waals surface area contributed by atoms with Crippen molar-refractivity contribution in [2.45, 2.75) is 71.8 Å². The Labute approximate surface area is 187 Å². The first kappa shape index (κ1) is 20.6. The van der Waals surface area contributed by atoms with Gasteiger partial charge in [0.2, 0.25) is 5.91 Å². The van der Waals surface area contributed by atoms with Gasteiger partial charge >= 0.3 is 0 Å². The first-order chi connectivity index (χ1) is 14.2. The van der Waals surface area contributed by atoms with Crippen molar-refractivity contribution in [2.75, 3.05) is 7.05 Å². The molecule has 1 heterocycles. The number of fused-ring (bicyclic) bond motifs is 5. The van der Waals surface area contributed by atoms with Crippen molar-refractivity contribution in [1.29, 1.82) is 0 Å². The van der Waals surface area contributed by atoms with Crippen LogP contribution in [0.1, 0.15) is 71.3 Å². The van der Waals surface area contributed by atoms with Gasteiger partial charge in [0, 0.05) is 24.5 Å². The van der Waals surface area contributed by atoms with Crippen LogP contribution in [0.15, 0.2) is 29.8 Å². The molecule has 1 aromatic carbocycles. The molecule has 1 amide bonds. The van der Waals surface area contributed by atoms with Gasteiger partial charge in [-0.25, -0.2) is 0 Å². The third-order valence-corrected chi connectivity index (χ3v) is 10.1. The van der Waals surface area contributed by atoms with Gasteiger partial charge in [0.25, 0.3) is 0 Å². The number of likely N-dealkylation sites (tertiary alicyclic amines) is 1. The van der Waals surface area contributed by atoms with Crippen LogP contribution in [0.25, 0.3) is 6.08 Å². The van der Waals surface area contributed by atoms with Crippen LogP contribution in [-0.4, -0.2) is 23.9 Å². The average Bonchev–Trinajstić information content (AvgIpc) is 3.04. The third kappa shape index (κ3) is 3.08. The molecule has 3 saturated carbocycles. The number of hydrogen-bond donors (Lipinski definition) is 0. The Morgan fingerprint density at radius 3 is 2.60 bits per heavy atom. The van der Waals surface area contributed by atoms with Crippen LogP contribution < -0.4 is 0 Å². The maximum absolute atomic E-state index is 12.4. The summed E-state index contributed by atoms with van der Waals surface area (Å²) < 4.78 is 0. The minimum Gasteiger partial charge on any atom is -0.342 e. The largest absolute Gasteiger partial charge is 0.342 e. The molecule has 0 N–H and O–H groups in total. The minimum absolute atomic E-state index is 0.295. The summed E-state index contributed by atoms with van der Waals surface area (Å²) in [6.45, 7) is 7.57. The Kier molecular flexibility index (Phi) is 4.89. The second kappa shape index (κ2) is 7.12. The Morgan fingerprint density at radius 2 is 1.87 bits per heavy atom. The molecule has 5 rings (SSSR count). The van der Waals surface area contributed by atoms with Crippen molar-refractivity contribution in [3.05, 3.63) is 40.4 Å². The van der Waals surface area contributed by atoms with Crippen molar-refractivity contribution >= 4 is 23.6 Å². The maximum Gasteiger partial charge on any atom is 0.222 e. The van der Waals surface area contributed by atoms with E-state index in [1.165, 1.54) is 37.7 Å². The standard InChI is InChI=1S/C27H36ClNO/c1-17-13-23-27(3,12-10-24(30)29(23)4)21-9-11-26(2)16-19(15-22(26)25(17)21)14-18-5-7-20(28)8-6-18/h5-8,14,17,21-23,25H,9-13,15-16H2,1-4H3/b19-14+/t17-,21-,22-,23+,25?,26+,27+/m0/s1. The highest BCUT2D eigenvalue weighted by Gasteiger charge is 2.61. The van der Waals surface area contributed by atoms with E-state index in [-0.39, 0.29) is 0 Å². The van der Waals surface area contributed by atoms with Gasteiger partial charge in [-0.1, -0.05) is 56.2 Å². The number of amides is 1. The molecule has 7 atom stereocenters. The molecule has 1 aromatic rings. The molecule has 0 radical (unpaired) electrons. The lowest BCUT2D eigenvalue weighted by atomic mass is 9.45. The zero-order valence-electron chi connectivity index (χ0n) is 19.0. The van der Waals surface area contributed by atoms with Gasteiger partial charge in [0.1, 0.15) is 0 Å². The molecule has 2 nitrogen and oxygen atoms in total. The number of carbonyl (C=O) groups is 1. The Hall–Kier alpha value is -1.28. The summed E-state index contributed by atoms with van der Waals surface area (Å²) in [6.07, 6.45) is 10.6. The highest BCUT2D eigenvalue weighted by molar-refractivity contribution is 6.30. The van der Waals surface area contributed by atoms with Gasteiger partial charge < -0.3 is 4.90 Å². The molecule has 30 heavy (non-hydrogen) atoms. The molecule has 3 heteroatoms. The lowest BCUT2D eigenvalue weighted by Gasteiger charge is -2.63. The summed E-state index contributed by atoms with van der Waals surface area (Å²) in [6, 6.07) is 8.72. The molecule has 162 valence electrons. The molecular weight excluding hydrogens is 390 g/mol. The summed E-state index contributed by atoms with van der Waals surface area (Å²) in [4.78, 5) is 14.6. The highest BCUT2D eigenvalue weighted by Crippen LogP contribution is 2.66. The predicted octanol–water partition coefficient (Wildman–Crippen LogP) is 6.83. The van der Waals surface area contributed by atoms with E-state index >= 15 is 0 Å². The molecule has 4 aliphatic rings. The zero-order valence-corrected chi connectivity index (χ0v) is 19.7. The summed E-state index contributed by atoms with van der Waals surface area (Å²) in [7, 11) is 2.06. The highest BCUT2D eigenvalue weighted by atomic mass is 35.5. The second-order valence-corrected chi connectivity index (χ2v) is 11.9. The topological polar surface area (TPSA) is 20.3 Å². The summed E-state index contributed by atoms with van der Waals surface area (Å²) in [5, 5.41) is 0.807. The van der Waals surface area contributed by atoms with Gasteiger partial charge in [-0.3, -0.25) is 4.79 Å². The Morgan fingerprint density at radius 1 is 1.13 bits per heavy atom. The van der Waals surface area contributed by atoms with Gasteiger partial charge in [0.15, 0.2) is 0 Å². The third-order valence-electron chi connectivity index (χ3n) is 9.80. The molecule has 0 aromatic heterocycles. The molecule has 1 saturated heterocycles. The van der Waals surface area contributed by atoms with E-state index in [9.17, 15) is 4.79 Å². The van der Waals surface area contributed by atoms with E-state index in [2.05, 4.69) is 50.9 Å². The van der Waals surface area contributed by atoms with Crippen LogP contribution in [-0.2, 0) is 4.79 Å². The van der Waals surface area contributed by atoms with E-state index in [1.807, 2.05) is 12.1 Å². The molecule has 1 unspecified atom stereocenters. The van der Waals surface area contributed by atoms with Crippen molar-refractivity contribution in [1.82, 2.24) is 4.90 Å². The van der Waals surface area contributed by atoms with Crippen LogP contribution in [0, 0.1) is 34.5 Å². The summed E-state index contributed by atoms with van der Waals surface area (Å²) >= 11 is 6.09. The van der Waals surface area contributed by atoms with E-state index in [1.54, 1.807) is 5.57 Å². The van der Waals surface area contributed by atoms with Crippen molar-refractivity contribution in [3.8, 4) is 0 Å². The van der Waals surface area contributed by atoms with Crippen molar-refractivity contribution in [3.63, 3.8) is 0 Å². The summed E-state index contributed by atoms with van der Waals surface area (Å²) in [5.74, 6) is 3.39.